The fourth-order valence-electron chi connectivity index (χ4n) is 2.52. The monoisotopic (exact) mass is 407 g/mol. The number of amides is 1. The van der Waals surface area contributed by atoms with E-state index in [1.165, 1.54) is 16.3 Å². The van der Waals surface area contributed by atoms with Crippen LogP contribution in [0.4, 0.5) is 4.79 Å². The van der Waals surface area contributed by atoms with E-state index in [9.17, 15) is 4.79 Å². The van der Waals surface area contributed by atoms with Crippen molar-refractivity contribution in [3.63, 3.8) is 0 Å². The third-order valence-corrected chi connectivity index (χ3v) is 5.00. The van der Waals surface area contributed by atoms with Gasteiger partial charge in [0.05, 0.1) is 0 Å². The Kier molecular flexibility index (Phi) is 4.78. The van der Waals surface area contributed by atoms with E-state index in [1.54, 1.807) is 13.1 Å². The highest BCUT2D eigenvalue weighted by molar-refractivity contribution is 9.10. The summed E-state index contributed by atoms with van der Waals surface area (Å²) in [6.07, 6.45) is 0.363. The van der Waals surface area contributed by atoms with Gasteiger partial charge in [0.25, 0.3) is 0 Å². The molecule has 0 fully saturated rings. The highest BCUT2D eigenvalue weighted by atomic mass is 79.9. The van der Waals surface area contributed by atoms with Crippen molar-refractivity contribution in [3.8, 4) is 11.5 Å². The zero-order valence-electron chi connectivity index (χ0n) is 13.7. The van der Waals surface area contributed by atoms with E-state index in [0.717, 1.165) is 21.4 Å². The average molecular weight is 408 g/mol. The van der Waals surface area contributed by atoms with Crippen LogP contribution < -0.4 is 9.47 Å². The fourth-order valence-corrected chi connectivity index (χ4v) is 3.47. The molecule has 0 bridgehead atoms. The van der Waals surface area contributed by atoms with Crippen LogP contribution >= 0.6 is 27.9 Å². The number of benzene rings is 2. The first-order chi connectivity index (χ1) is 11.3. The van der Waals surface area contributed by atoms with E-state index in [2.05, 4.69) is 15.9 Å². The van der Waals surface area contributed by atoms with Gasteiger partial charge in [-0.1, -0.05) is 28.1 Å². The van der Waals surface area contributed by atoms with Gasteiger partial charge in [-0.05, 0) is 56.1 Å². The van der Waals surface area contributed by atoms with Gasteiger partial charge in [0.2, 0.25) is 0 Å². The molecule has 3 rings (SSSR count). The lowest BCUT2D eigenvalue weighted by Crippen LogP contribution is -2.25. The quantitative estimate of drug-likeness (QED) is 0.646. The van der Waals surface area contributed by atoms with E-state index >= 15 is 0 Å². The van der Waals surface area contributed by atoms with Crippen molar-refractivity contribution in [2.75, 3.05) is 7.05 Å². The maximum Gasteiger partial charge on any atom is 0.425 e. The minimum atomic E-state index is -0.440. The zero-order valence-corrected chi connectivity index (χ0v) is 16.1. The van der Waals surface area contributed by atoms with Crippen molar-refractivity contribution in [3.05, 3.63) is 52.5 Å². The van der Waals surface area contributed by atoms with Crippen LogP contribution in [0.1, 0.15) is 19.4 Å². The van der Waals surface area contributed by atoms with Gasteiger partial charge in [0.15, 0.2) is 11.5 Å². The van der Waals surface area contributed by atoms with Crippen LogP contribution in [0.5, 0.6) is 11.5 Å². The molecule has 6 heteroatoms. The highest BCUT2D eigenvalue weighted by Gasteiger charge is 2.33. The Morgan fingerprint density at radius 1 is 1.25 bits per heavy atom. The Balaban J connectivity index is 1.69. The van der Waals surface area contributed by atoms with Crippen molar-refractivity contribution in [1.82, 2.24) is 4.31 Å². The standard InChI is InChI=1S/C18H18BrNO3S/c1-18(2)11-12-5-4-6-15(16(12)23-18)22-17(21)20(3)24-14-9-7-13(19)8-10-14/h4-10H,11H2,1-3H3. The number of rotatable bonds is 3. The fraction of sp³-hybridized carbons (Fsp3) is 0.278. The molecule has 0 saturated carbocycles. The molecule has 2 aromatic rings. The first-order valence-electron chi connectivity index (χ1n) is 7.54. The Morgan fingerprint density at radius 2 is 1.96 bits per heavy atom. The summed E-state index contributed by atoms with van der Waals surface area (Å²) in [7, 11) is 1.68. The lowest BCUT2D eigenvalue weighted by Gasteiger charge is -2.19. The van der Waals surface area contributed by atoms with E-state index in [4.69, 9.17) is 9.47 Å². The van der Waals surface area contributed by atoms with Gasteiger partial charge in [0, 0.05) is 28.4 Å². The molecular weight excluding hydrogens is 390 g/mol. The number of fused-ring (bicyclic) bond motifs is 1. The van der Waals surface area contributed by atoms with Crippen LogP contribution in [0.3, 0.4) is 0 Å². The van der Waals surface area contributed by atoms with Crippen molar-refractivity contribution >= 4 is 34.0 Å². The molecule has 0 atom stereocenters. The number of hydrogen-bond acceptors (Lipinski definition) is 4. The average Bonchev–Trinajstić information content (AvgIpc) is 2.84. The minimum Gasteiger partial charge on any atom is -0.483 e. The Bertz CT molecular complexity index is 761. The van der Waals surface area contributed by atoms with E-state index < -0.39 is 6.09 Å². The maximum absolute atomic E-state index is 12.4. The van der Waals surface area contributed by atoms with E-state index in [0.29, 0.717) is 11.5 Å². The number of hydrogen-bond donors (Lipinski definition) is 0. The summed E-state index contributed by atoms with van der Waals surface area (Å²) in [5.74, 6) is 1.13. The molecule has 126 valence electrons. The Labute approximate surface area is 154 Å². The minimum absolute atomic E-state index is 0.275. The first kappa shape index (κ1) is 17.2. The second-order valence-corrected chi connectivity index (χ2v) is 8.31. The Hall–Kier alpha value is -1.66. The van der Waals surface area contributed by atoms with Crippen molar-refractivity contribution in [2.24, 2.45) is 0 Å². The zero-order chi connectivity index (χ0) is 17.3. The normalized spacial score (nSPS) is 14.7. The van der Waals surface area contributed by atoms with Crippen molar-refractivity contribution in [2.45, 2.75) is 30.8 Å². The van der Waals surface area contributed by atoms with Gasteiger partial charge in [-0.3, -0.25) is 0 Å². The predicted molar refractivity (Wildman–Crippen MR) is 98.6 cm³/mol. The number of para-hydroxylation sites is 1. The first-order valence-corrected chi connectivity index (χ1v) is 9.11. The molecule has 0 N–H and O–H groups in total. The molecular formula is C18H18BrNO3S. The van der Waals surface area contributed by atoms with Crippen LogP contribution in [0.15, 0.2) is 51.8 Å². The number of carbonyl (C=O) groups excluding carboxylic acids is 1. The van der Waals surface area contributed by atoms with Gasteiger partial charge in [-0.25, -0.2) is 9.10 Å². The summed E-state index contributed by atoms with van der Waals surface area (Å²) in [5.41, 5.74) is 0.789. The molecule has 0 aliphatic carbocycles. The summed E-state index contributed by atoms with van der Waals surface area (Å²) >= 11 is 4.70. The molecule has 0 saturated heterocycles. The molecule has 24 heavy (non-hydrogen) atoms. The number of ether oxygens (including phenoxy) is 2. The molecule has 0 spiro atoms. The second-order valence-electron chi connectivity index (χ2n) is 6.19. The molecule has 0 radical (unpaired) electrons. The third kappa shape index (κ3) is 3.87. The second kappa shape index (κ2) is 6.69. The number of carbonyl (C=O) groups is 1. The molecule has 2 aromatic carbocycles. The van der Waals surface area contributed by atoms with Crippen LogP contribution in [0.2, 0.25) is 0 Å². The SMILES string of the molecule is CN(Sc1ccc(Br)cc1)C(=O)Oc1cccc2c1OC(C)(C)C2. The van der Waals surface area contributed by atoms with Crippen molar-refractivity contribution < 1.29 is 14.3 Å². The lowest BCUT2D eigenvalue weighted by atomic mass is 10.0. The molecule has 0 aromatic heterocycles. The lowest BCUT2D eigenvalue weighted by molar-refractivity contribution is 0.132. The number of nitrogens with zero attached hydrogens (tertiary/aromatic N) is 1. The van der Waals surface area contributed by atoms with Gasteiger partial charge in [-0.2, -0.15) is 0 Å². The van der Waals surface area contributed by atoms with Crippen molar-refractivity contribution in [1.29, 1.82) is 0 Å². The molecule has 1 heterocycles. The molecule has 1 aliphatic rings. The number of halogens is 1. The smallest absolute Gasteiger partial charge is 0.425 e. The van der Waals surface area contributed by atoms with Gasteiger partial charge in [-0.15, -0.1) is 0 Å². The molecule has 1 amide bonds. The van der Waals surface area contributed by atoms with E-state index in [1.807, 2.05) is 50.2 Å². The largest absolute Gasteiger partial charge is 0.483 e. The summed E-state index contributed by atoms with van der Waals surface area (Å²) in [4.78, 5) is 13.3. The topological polar surface area (TPSA) is 38.8 Å². The van der Waals surface area contributed by atoms with Crippen LogP contribution in [-0.2, 0) is 6.42 Å². The van der Waals surface area contributed by atoms with Gasteiger partial charge < -0.3 is 9.47 Å². The van der Waals surface area contributed by atoms with E-state index in [-0.39, 0.29) is 5.60 Å². The summed E-state index contributed by atoms with van der Waals surface area (Å²) in [5, 5.41) is 0. The maximum atomic E-state index is 12.4. The summed E-state index contributed by atoms with van der Waals surface area (Å²) in [6, 6.07) is 13.4. The van der Waals surface area contributed by atoms with Gasteiger partial charge in [0.1, 0.15) is 5.60 Å². The molecule has 0 unspecified atom stereocenters. The van der Waals surface area contributed by atoms with Crippen LogP contribution in [0.25, 0.3) is 0 Å². The van der Waals surface area contributed by atoms with Crippen LogP contribution in [-0.4, -0.2) is 23.0 Å². The van der Waals surface area contributed by atoms with Gasteiger partial charge >= 0.3 is 6.09 Å². The predicted octanol–water partition coefficient (Wildman–Crippen LogP) is 5.30. The molecule has 1 aliphatic heterocycles. The summed E-state index contributed by atoms with van der Waals surface area (Å²) < 4.78 is 13.9. The third-order valence-electron chi connectivity index (χ3n) is 3.57. The summed E-state index contributed by atoms with van der Waals surface area (Å²) in [6.45, 7) is 4.04. The molecule has 4 nitrogen and oxygen atoms in total. The highest BCUT2D eigenvalue weighted by Crippen LogP contribution is 2.42. The Morgan fingerprint density at radius 3 is 2.67 bits per heavy atom. The van der Waals surface area contributed by atoms with Crippen LogP contribution in [0, 0.1) is 0 Å².